The van der Waals surface area contributed by atoms with Crippen LogP contribution in [0.5, 0.6) is 0 Å². The molecule has 3 aromatic rings. The second-order valence-corrected chi connectivity index (χ2v) is 6.63. The van der Waals surface area contributed by atoms with Crippen molar-refractivity contribution in [3.63, 3.8) is 0 Å². The fourth-order valence-electron chi connectivity index (χ4n) is 3.73. The maximum atomic E-state index is 6.45. The average molecular weight is 314 g/mol. The molecule has 1 aliphatic carbocycles. The van der Waals surface area contributed by atoms with Crippen LogP contribution >= 0.6 is 0 Å². The van der Waals surface area contributed by atoms with Gasteiger partial charge in [-0.25, -0.2) is 0 Å². The normalized spacial score (nSPS) is 19.7. The predicted octanol–water partition coefficient (Wildman–Crippen LogP) is 4.35. The topological polar surface area (TPSA) is 38.9 Å². The molecule has 4 rings (SSSR count). The smallest absolute Gasteiger partial charge is 0.0485 e. The number of benzene rings is 2. The molecule has 2 aromatic carbocycles. The third-order valence-corrected chi connectivity index (χ3v) is 5.03. The van der Waals surface area contributed by atoms with Crippen LogP contribution in [0.25, 0.3) is 11.1 Å². The minimum Gasteiger partial charge on any atom is -0.327 e. The minimum absolute atomic E-state index is 0.188. The van der Waals surface area contributed by atoms with E-state index in [-0.39, 0.29) is 6.04 Å². The summed E-state index contributed by atoms with van der Waals surface area (Å²) in [4.78, 5) is 4.65. The quantitative estimate of drug-likeness (QED) is 0.780. The van der Waals surface area contributed by atoms with Crippen molar-refractivity contribution in [1.82, 2.24) is 4.98 Å². The molecule has 2 atom stereocenters. The first kappa shape index (κ1) is 15.1. The molecule has 2 nitrogen and oxygen atoms in total. The van der Waals surface area contributed by atoms with Gasteiger partial charge in [0, 0.05) is 23.9 Å². The molecule has 0 aliphatic heterocycles. The van der Waals surface area contributed by atoms with Crippen LogP contribution in [-0.2, 0) is 12.8 Å². The maximum absolute atomic E-state index is 6.45. The number of rotatable bonds is 3. The number of nitrogens with zero attached hydrogens (tertiary/aromatic N) is 1. The molecular formula is C22H22N2. The molecule has 0 bridgehead atoms. The Labute approximate surface area is 143 Å². The van der Waals surface area contributed by atoms with Crippen LogP contribution in [0.4, 0.5) is 0 Å². The van der Waals surface area contributed by atoms with Gasteiger partial charge in [-0.2, -0.15) is 0 Å². The van der Waals surface area contributed by atoms with Gasteiger partial charge in [-0.1, -0.05) is 60.7 Å². The molecular weight excluding hydrogens is 292 g/mol. The van der Waals surface area contributed by atoms with E-state index in [2.05, 4.69) is 65.6 Å². The van der Waals surface area contributed by atoms with Crippen molar-refractivity contribution in [2.24, 2.45) is 5.73 Å². The summed E-state index contributed by atoms with van der Waals surface area (Å²) in [6.07, 6.45) is 4.93. The lowest BCUT2D eigenvalue weighted by Gasteiger charge is -2.30. The molecule has 2 heteroatoms. The van der Waals surface area contributed by atoms with Crippen LogP contribution in [0, 0.1) is 0 Å². The number of hydrogen-bond acceptors (Lipinski definition) is 2. The Bertz CT molecular complexity index is 826. The summed E-state index contributed by atoms with van der Waals surface area (Å²) in [5, 5.41) is 0. The minimum atomic E-state index is 0.188. The molecule has 1 heterocycles. The predicted molar refractivity (Wildman–Crippen MR) is 98.9 cm³/mol. The van der Waals surface area contributed by atoms with Crippen molar-refractivity contribution in [3.05, 3.63) is 89.7 Å². The van der Waals surface area contributed by atoms with Gasteiger partial charge < -0.3 is 5.73 Å². The molecule has 2 N–H and O–H groups in total. The van der Waals surface area contributed by atoms with Gasteiger partial charge in [0.2, 0.25) is 0 Å². The Kier molecular flexibility index (Phi) is 4.14. The van der Waals surface area contributed by atoms with E-state index in [9.17, 15) is 0 Å². The molecule has 0 spiro atoms. The zero-order valence-corrected chi connectivity index (χ0v) is 13.7. The lowest BCUT2D eigenvalue weighted by molar-refractivity contribution is 0.456. The Hall–Kier alpha value is -2.45. The zero-order chi connectivity index (χ0) is 16.4. The van der Waals surface area contributed by atoms with Gasteiger partial charge in [-0.15, -0.1) is 0 Å². The summed E-state index contributed by atoms with van der Waals surface area (Å²) < 4.78 is 0. The first-order valence-electron chi connectivity index (χ1n) is 8.65. The molecule has 120 valence electrons. The first-order chi connectivity index (χ1) is 11.8. The number of fused-ring (bicyclic) bond motifs is 1. The Morgan fingerprint density at radius 2 is 1.75 bits per heavy atom. The molecule has 1 aromatic heterocycles. The second-order valence-electron chi connectivity index (χ2n) is 6.63. The Morgan fingerprint density at radius 1 is 0.917 bits per heavy atom. The van der Waals surface area contributed by atoms with E-state index in [1.807, 2.05) is 12.3 Å². The van der Waals surface area contributed by atoms with Crippen molar-refractivity contribution >= 4 is 0 Å². The summed E-state index contributed by atoms with van der Waals surface area (Å²) in [6, 6.07) is 23.8. The van der Waals surface area contributed by atoms with Crippen molar-refractivity contribution in [2.75, 3.05) is 0 Å². The first-order valence-corrected chi connectivity index (χ1v) is 8.65. The summed E-state index contributed by atoms with van der Waals surface area (Å²) >= 11 is 0. The lowest BCUT2D eigenvalue weighted by Crippen LogP contribution is -2.35. The zero-order valence-electron chi connectivity index (χ0n) is 13.7. The van der Waals surface area contributed by atoms with Crippen molar-refractivity contribution < 1.29 is 0 Å². The number of hydrogen-bond donors (Lipinski definition) is 1. The summed E-state index contributed by atoms with van der Waals surface area (Å²) in [7, 11) is 0. The highest BCUT2D eigenvalue weighted by molar-refractivity contribution is 5.64. The SMILES string of the molecule is NC1CCc2cccnc2C1Cc1cccc(-c2ccccc2)c1. The van der Waals surface area contributed by atoms with E-state index in [1.165, 1.54) is 27.9 Å². The highest BCUT2D eigenvalue weighted by atomic mass is 14.8. The standard InChI is InChI=1S/C22H22N2/c23-21-12-11-18-10-5-13-24-22(18)20(21)15-16-6-4-9-19(14-16)17-7-2-1-3-8-17/h1-10,13-14,20-21H,11-12,15,23H2. The monoisotopic (exact) mass is 314 g/mol. The van der Waals surface area contributed by atoms with Crippen molar-refractivity contribution in [1.29, 1.82) is 0 Å². The lowest BCUT2D eigenvalue weighted by atomic mass is 9.79. The van der Waals surface area contributed by atoms with Crippen LogP contribution in [0.15, 0.2) is 72.9 Å². The van der Waals surface area contributed by atoms with E-state index < -0.39 is 0 Å². The van der Waals surface area contributed by atoms with Crippen molar-refractivity contribution in [2.45, 2.75) is 31.2 Å². The van der Waals surface area contributed by atoms with Crippen LogP contribution in [0.3, 0.4) is 0 Å². The van der Waals surface area contributed by atoms with Crippen LogP contribution in [0.1, 0.15) is 29.2 Å². The van der Waals surface area contributed by atoms with Gasteiger partial charge >= 0.3 is 0 Å². The van der Waals surface area contributed by atoms with Gasteiger partial charge in [0.05, 0.1) is 0 Å². The second kappa shape index (κ2) is 6.58. The van der Waals surface area contributed by atoms with E-state index in [1.54, 1.807) is 0 Å². The summed E-state index contributed by atoms with van der Waals surface area (Å²) in [6.45, 7) is 0. The van der Waals surface area contributed by atoms with E-state index in [0.717, 1.165) is 19.3 Å². The largest absolute Gasteiger partial charge is 0.327 e. The molecule has 0 saturated heterocycles. The number of aromatic nitrogens is 1. The Balaban J connectivity index is 1.64. The molecule has 0 saturated carbocycles. The summed E-state index contributed by atoms with van der Waals surface area (Å²) in [5.74, 6) is 0.306. The highest BCUT2D eigenvalue weighted by Gasteiger charge is 2.28. The van der Waals surface area contributed by atoms with Gasteiger partial charge in [0.15, 0.2) is 0 Å². The highest BCUT2D eigenvalue weighted by Crippen LogP contribution is 2.32. The molecule has 0 fully saturated rings. The van der Waals surface area contributed by atoms with E-state index >= 15 is 0 Å². The molecule has 0 amide bonds. The van der Waals surface area contributed by atoms with Gasteiger partial charge in [-0.3, -0.25) is 4.98 Å². The fourth-order valence-corrected chi connectivity index (χ4v) is 3.73. The van der Waals surface area contributed by atoms with Crippen LogP contribution < -0.4 is 5.73 Å². The molecule has 24 heavy (non-hydrogen) atoms. The van der Waals surface area contributed by atoms with Crippen LogP contribution in [-0.4, -0.2) is 11.0 Å². The van der Waals surface area contributed by atoms with Gasteiger partial charge in [-0.05, 0) is 47.6 Å². The molecule has 0 radical (unpaired) electrons. The number of nitrogens with two attached hydrogens (primary N) is 1. The van der Waals surface area contributed by atoms with E-state index in [0.29, 0.717) is 5.92 Å². The van der Waals surface area contributed by atoms with E-state index in [4.69, 9.17) is 5.73 Å². The molecule has 2 unspecified atom stereocenters. The third-order valence-electron chi connectivity index (χ3n) is 5.03. The third kappa shape index (κ3) is 2.98. The van der Waals surface area contributed by atoms with Gasteiger partial charge in [0.25, 0.3) is 0 Å². The average Bonchev–Trinajstić information content (AvgIpc) is 2.65. The number of aryl methyl sites for hydroxylation is 1. The Morgan fingerprint density at radius 3 is 2.62 bits per heavy atom. The molecule has 1 aliphatic rings. The summed E-state index contributed by atoms with van der Waals surface area (Å²) in [5.41, 5.74) is 12.9. The maximum Gasteiger partial charge on any atom is 0.0485 e. The van der Waals surface area contributed by atoms with Gasteiger partial charge in [0.1, 0.15) is 0 Å². The van der Waals surface area contributed by atoms with Crippen molar-refractivity contribution in [3.8, 4) is 11.1 Å². The van der Waals surface area contributed by atoms with Crippen LogP contribution in [0.2, 0.25) is 0 Å². The number of pyridine rings is 1. The fraction of sp³-hybridized carbons (Fsp3) is 0.227.